The Kier molecular flexibility index (Phi) is 4.00. The second-order valence-electron chi connectivity index (χ2n) is 3.25. The minimum Gasteiger partial charge on any atom is -0.278 e. The van der Waals surface area contributed by atoms with Crippen LogP contribution in [-0.2, 0) is 0 Å². The Morgan fingerprint density at radius 1 is 0.706 bits per heavy atom. The van der Waals surface area contributed by atoms with E-state index < -0.39 is 0 Å². The van der Waals surface area contributed by atoms with E-state index in [-0.39, 0.29) is 0 Å². The molecule has 2 aromatic heterocycles. The van der Waals surface area contributed by atoms with E-state index in [1.807, 2.05) is 48.5 Å². The number of H-pyrrole nitrogens is 1. The highest BCUT2D eigenvalue weighted by Gasteiger charge is 1.94. The number of aromatic nitrogens is 4. The number of rotatable bonds is 1. The lowest BCUT2D eigenvalue weighted by Crippen LogP contribution is -1.75. The van der Waals surface area contributed by atoms with Gasteiger partial charge in [-0.1, -0.05) is 30.3 Å². The zero-order valence-electron chi connectivity index (χ0n) is 9.19. The van der Waals surface area contributed by atoms with E-state index in [0.29, 0.717) is 0 Å². The monoisotopic (exact) mass is 224 g/mol. The summed E-state index contributed by atoms with van der Waals surface area (Å²) in [6.07, 6.45) is 5.03. The van der Waals surface area contributed by atoms with Gasteiger partial charge in [0.2, 0.25) is 0 Å². The zero-order valence-corrected chi connectivity index (χ0v) is 9.19. The first-order valence-electron chi connectivity index (χ1n) is 5.23. The highest BCUT2D eigenvalue weighted by Crippen LogP contribution is 2.13. The van der Waals surface area contributed by atoms with Gasteiger partial charge in [-0.3, -0.25) is 5.10 Å². The number of hydrogen-bond acceptors (Lipinski definition) is 3. The lowest BCUT2D eigenvalue weighted by molar-refractivity contribution is 1.03. The summed E-state index contributed by atoms with van der Waals surface area (Å²) in [6, 6.07) is 15.7. The van der Waals surface area contributed by atoms with Crippen LogP contribution in [0.2, 0.25) is 0 Å². The van der Waals surface area contributed by atoms with Crippen molar-refractivity contribution in [2.75, 3.05) is 0 Å². The summed E-state index contributed by atoms with van der Waals surface area (Å²) < 4.78 is 0. The Labute approximate surface area is 99.4 Å². The Morgan fingerprint density at radius 3 is 1.88 bits per heavy atom. The zero-order chi connectivity index (χ0) is 11.8. The minimum absolute atomic E-state index is 1.06. The molecular formula is C13H12N4. The molecule has 0 unspecified atom stereocenters. The van der Waals surface area contributed by atoms with E-state index in [0.717, 1.165) is 5.69 Å². The van der Waals surface area contributed by atoms with Gasteiger partial charge in [-0.05, 0) is 23.8 Å². The van der Waals surface area contributed by atoms with Crippen molar-refractivity contribution in [2.45, 2.75) is 0 Å². The molecule has 0 aliphatic rings. The number of aromatic amines is 1. The van der Waals surface area contributed by atoms with E-state index in [1.54, 1.807) is 18.6 Å². The summed E-state index contributed by atoms with van der Waals surface area (Å²) in [5.41, 5.74) is 2.23. The molecule has 1 aromatic carbocycles. The fourth-order valence-corrected chi connectivity index (χ4v) is 1.29. The first-order chi connectivity index (χ1) is 8.47. The topological polar surface area (TPSA) is 54.5 Å². The number of nitrogens with zero attached hydrogens (tertiary/aromatic N) is 3. The summed E-state index contributed by atoms with van der Waals surface area (Å²) in [7, 11) is 0. The van der Waals surface area contributed by atoms with Crippen molar-refractivity contribution < 1.29 is 0 Å². The van der Waals surface area contributed by atoms with E-state index in [1.165, 1.54) is 5.56 Å². The summed E-state index contributed by atoms with van der Waals surface area (Å²) in [4.78, 5) is 0. The molecule has 3 aromatic rings. The summed E-state index contributed by atoms with van der Waals surface area (Å²) >= 11 is 0. The number of hydrogen-bond donors (Lipinski definition) is 1. The summed E-state index contributed by atoms with van der Waals surface area (Å²) in [5.74, 6) is 0. The normalized spacial score (nSPS) is 9.18. The van der Waals surface area contributed by atoms with E-state index in [2.05, 4.69) is 20.4 Å². The minimum atomic E-state index is 1.06. The second-order valence-corrected chi connectivity index (χ2v) is 3.25. The van der Waals surface area contributed by atoms with Crippen molar-refractivity contribution in [3.05, 3.63) is 67.1 Å². The molecule has 4 nitrogen and oxygen atoms in total. The molecule has 17 heavy (non-hydrogen) atoms. The van der Waals surface area contributed by atoms with Gasteiger partial charge in [0.15, 0.2) is 0 Å². The molecule has 4 heteroatoms. The second kappa shape index (κ2) is 6.17. The predicted octanol–water partition coefficient (Wildman–Crippen LogP) is 2.55. The van der Waals surface area contributed by atoms with Gasteiger partial charge in [0.25, 0.3) is 0 Å². The van der Waals surface area contributed by atoms with Gasteiger partial charge in [-0.25, -0.2) is 0 Å². The van der Waals surface area contributed by atoms with Gasteiger partial charge in [-0.15, -0.1) is 0 Å². The maximum absolute atomic E-state index is 3.87. The Balaban J connectivity index is 0.000000153. The van der Waals surface area contributed by atoms with Crippen molar-refractivity contribution in [3.8, 4) is 11.3 Å². The van der Waals surface area contributed by atoms with Crippen LogP contribution in [0.1, 0.15) is 0 Å². The Morgan fingerprint density at radius 2 is 1.41 bits per heavy atom. The summed E-state index contributed by atoms with van der Waals surface area (Å²) in [5, 5.41) is 13.8. The Hall–Kier alpha value is -2.49. The van der Waals surface area contributed by atoms with Crippen LogP contribution < -0.4 is 0 Å². The van der Waals surface area contributed by atoms with Crippen molar-refractivity contribution in [3.63, 3.8) is 0 Å². The smallest absolute Gasteiger partial charge is 0.0650 e. The van der Waals surface area contributed by atoms with Crippen molar-refractivity contribution in [1.29, 1.82) is 0 Å². The third kappa shape index (κ3) is 3.53. The van der Waals surface area contributed by atoms with E-state index in [4.69, 9.17) is 0 Å². The molecule has 0 aliphatic carbocycles. The molecule has 0 amide bonds. The highest BCUT2D eigenvalue weighted by molar-refractivity contribution is 5.57. The number of benzene rings is 1. The van der Waals surface area contributed by atoms with Gasteiger partial charge in [0, 0.05) is 18.6 Å². The molecule has 0 radical (unpaired) electrons. The third-order valence-electron chi connectivity index (χ3n) is 2.07. The van der Waals surface area contributed by atoms with Crippen LogP contribution in [0.25, 0.3) is 11.3 Å². The van der Waals surface area contributed by atoms with Gasteiger partial charge in [0.05, 0.1) is 5.69 Å². The maximum Gasteiger partial charge on any atom is 0.0650 e. The van der Waals surface area contributed by atoms with Crippen molar-refractivity contribution in [2.24, 2.45) is 0 Å². The van der Waals surface area contributed by atoms with Crippen LogP contribution in [0.4, 0.5) is 0 Å². The SMILES string of the molecule is c1ccc(-c2ccn[nH]2)cc1.c1ccnnc1. The maximum atomic E-state index is 3.87. The molecule has 0 saturated heterocycles. The molecule has 2 heterocycles. The molecule has 0 aliphatic heterocycles. The lowest BCUT2D eigenvalue weighted by atomic mass is 10.2. The van der Waals surface area contributed by atoms with Crippen LogP contribution in [0.5, 0.6) is 0 Å². The molecule has 84 valence electrons. The van der Waals surface area contributed by atoms with E-state index >= 15 is 0 Å². The lowest BCUT2D eigenvalue weighted by Gasteiger charge is -1.93. The number of nitrogens with one attached hydrogen (secondary N) is 1. The van der Waals surface area contributed by atoms with Crippen LogP contribution in [-0.4, -0.2) is 20.4 Å². The fourth-order valence-electron chi connectivity index (χ4n) is 1.29. The molecular weight excluding hydrogens is 212 g/mol. The molecule has 3 rings (SSSR count). The molecule has 0 bridgehead atoms. The van der Waals surface area contributed by atoms with Crippen LogP contribution in [0.3, 0.4) is 0 Å². The molecule has 0 atom stereocenters. The largest absolute Gasteiger partial charge is 0.278 e. The third-order valence-corrected chi connectivity index (χ3v) is 2.07. The first-order valence-corrected chi connectivity index (χ1v) is 5.23. The van der Waals surface area contributed by atoms with Gasteiger partial charge < -0.3 is 0 Å². The van der Waals surface area contributed by atoms with Gasteiger partial charge in [-0.2, -0.15) is 15.3 Å². The van der Waals surface area contributed by atoms with E-state index in [9.17, 15) is 0 Å². The average Bonchev–Trinajstić information content (AvgIpc) is 2.96. The predicted molar refractivity (Wildman–Crippen MR) is 66.1 cm³/mol. The molecule has 0 spiro atoms. The Bertz CT molecular complexity index is 479. The average molecular weight is 224 g/mol. The van der Waals surface area contributed by atoms with Crippen molar-refractivity contribution >= 4 is 0 Å². The van der Waals surface area contributed by atoms with Crippen LogP contribution >= 0.6 is 0 Å². The molecule has 0 saturated carbocycles. The highest BCUT2D eigenvalue weighted by atomic mass is 15.1. The van der Waals surface area contributed by atoms with Crippen LogP contribution in [0.15, 0.2) is 67.1 Å². The first kappa shape index (κ1) is 11.0. The summed E-state index contributed by atoms with van der Waals surface area (Å²) in [6.45, 7) is 0. The molecule has 0 fully saturated rings. The van der Waals surface area contributed by atoms with Crippen LogP contribution in [0, 0.1) is 0 Å². The van der Waals surface area contributed by atoms with Gasteiger partial charge >= 0.3 is 0 Å². The quantitative estimate of drug-likeness (QED) is 0.691. The molecule has 1 N–H and O–H groups in total. The van der Waals surface area contributed by atoms with Crippen molar-refractivity contribution in [1.82, 2.24) is 20.4 Å². The fraction of sp³-hybridized carbons (Fsp3) is 0. The standard InChI is InChI=1S/C9H8N2.C4H4N2/c1-2-4-8(5-3-1)9-6-7-10-11-9;1-2-4-6-5-3-1/h1-7H,(H,10,11);1-4H. The van der Waals surface area contributed by atoms with Gasteiger partial charge in [0.1, 0.15) is 0 Å².